The lowest BCUT2D eigenvalue weighted by Crippen LogP contribution is -2.52. The van der Waals surface area contributed by atoms with Crippen molar-refractivity contribution in [2.24, 2.45) is 0 Å². The average molecular weight is 439 g/mol. The highest BCUT2D eigenvalue weighted by molar-refractivity contribution is 5.88. The third kappa shape index (κ3) is 5.10. The second-order valence-corrected chi connectivity index (χ2v) is 8.26. The van der Waals surface area contributed by atoms with Crippen LogP contribution in [0, 0.1) is 0 Å². The molecule has 0 heterocycles. The number of rotatable bonds is 9. The Labute approximate surface area is 188 Å². The zero-order valence-corrected chi connectivity index (χ0v) is 18.7. The third-order valence-corrected chi connectivity index (χ3v) is 5.72. The first-order valence-electron chi connectivity index (χ1n) is 11.0. The first-order valence-corrected chi connectivity index (χ1v) is 11.0. The highest BCUT2D eigenvalue weighted by Crippen LogP contribution is 2.44. The summed E-state index contributed by atoms with van der Waals surface area (Å²) in [6.45, 7) is 5.13. The van der Waals surface area contributed by atoms with Crippen LogP contribution in [0.3, 0.4) is 0 Å². The molecule has 7 nitrogen and oxygen atoms in total. The molecule has 0 fully saturated rings. The molecule has 1 unspecified atom stereocenters. The zero-order valence-electron chi connectivity index (χ0n) is 18.7. The lowest BCUT2D eigenvalue weighted by atomic mass is 9.98. The van der Waals surface area contributed by atoms with E-state index in [9.17, 15) is 14.4 Å². The number of carboxylic acid groups (broad SMARTS) is 1. The van der Waals surface area contributed by atoms with E-state index in [0.29, 0.717) is 12.8 Å². The van der Waals surface area contributed by atoms with Crippen LogP contribution >= 0.6 is 0 Å². The van der Waals surface area contributed by atoms with Crippen LogP contribution in [0.15, 0.2) is 48.5 Å². The molecule has 0 aromatic heterocycles. The van der Waals surface area contributed by atoms with Gasteiger partial charge in [0.2, 0.25) is 5.91 Å². The van der Waals surface area contributed by atoms with E-state index in [1.807, 2.05) is 43.3 Å². The van der Waals surface area contributed by atoms with Crippen LogP contribution in [0.4, 0.5) is 4.79 Å². The molecule has 1 aliphatic rings. The van der Waals surface area contributed by atoms with Gasteiger partial charge in [-0.2, -0.15) is 0 Å². The number of fused-ring (bicyclic) bond motifs is 3. The molecule has 170 valence electrons. The van der Waals surface area contributed by atoms with E-state index >= 15 is 0 Å². The van der Waals surface area contributed by atoms with E-state index in [4.69, 9.17) is 9.84 Å². The fourth-order valence-electron chi connectivity index (χ4n) is 4.19. The van der Waals surface area contributed by atoms with Gasteiger partial charge in [0.15, 0.2) is 0 Å². The minimum Gasteiger partial charge on any atom is -0.480 e. The minimum absolute atomic E-state index is 0.0763. The molecule has 0 aliphatic heterocycles. The predicted octanol–water partition coefficient (Wildman–Crippen LogP) is 4.02. The number of aliphatic carboxylic acids is 1. The molecule has 7 heteroatoms. The second kappa shape index (κ2) is 10.3. The Morgan fingerprint density at radius 1 is 1.03 bits per heavy atom. The summed E-state index contributed by atoms with van der Waals surface area (Å²) < 4.78 is 5.55. The number of carbonyl (C=O) groups excluding carboxylic acids is 2. The van der Waals surface area contributed by atoms with Crippen LogP contribution in [0.25, 0.3) is 11.1 Å². The smallest absolute Gasteiger partial charge is 0.407 e. The number of amides is 2. The van der Waals surface area contributed by atoms with E-state index in [2.05, 4.69) is 17.4 Å². The fourth-order valence-corrected chi connectivity index (χ4v) is 4.19. The van der Waals surface area contributed by atoms with E-state index < -0.39 is 30.6 Å². The number of carboxylic acids is 1. The van der Waals surface area contributed by atoms with E-state index in [0.717, 1.165) is 22.3 Å². The van der Waals surface area contributed by atoms with Crippen molar-refractivity contribution in [3.05, 3.63) is 59.7 Å². The van der Waals surface area contributed by atoms with Gasteiger partial charge in [-0.05, 0) is 42.5 Å². The first kappa shape index (κ1) is 23.3. The monoisotopic (exact) mass is 438 g/mol. The maximum atomic E-state index is 12.9. The molecule has 0 bridgehead atoms. The fraction of sp³-hybridized carbons (Fsp3) is 0.400. The number of carbonyl (C=O) groups is 3. The summed E-state index contributed by atoms with van der Waals surface area (Å²) in [5.41, 5.74) is 4.49. The summed E-state index contributed by atoms with van der Waals surface area (Å²) in [5.74, 6) is -1.59. The maximum Gasteiger partial charge on any atom is 0.407 e. The summed E-state index contributed by atoms with van der Waals surface area (Å²) in [7, 11) is 0. The van der Waals surface area contributed by atoms with Crippen molar-refractivity contribution in [1.82, 2.24) is 10.2 Å². The third-order valence-electron chi connectivity index (χ3n) is 5.72. The quantitative estimate of drug-likeness (QED) is 0.617. The molecule has 2 aromatic rings. The van der Waals surface area contributed by atoms with Crippen molar-refractivity contribution in [2.45, 2.75) is 51.6 Å². The number of hydrogen-bond acceptors (Lipinski definition) is 4. The SMILES string of the molecule is CCCC(NC(=O)OCC1c2ccccc2-c2ccccc21)C(=O)N(CC(=O)O)C(C)C. The van der Waals surface area contributed by atoms with E-state index in [-0.39, 0.29) is 18.6 Å². The highest BCUT2D eigenvalue weighted by Gasteiger charge is 2.31. The van der Waals surface area contributed by atoms with Crippen LogP contribution in [0.2, 0.25) is 0 Å². The largest absolute Gasteiger partial charge is 0.480 e. The van der Waals surface area contributed by atoms with Gasteiger partial charge < -0.3 is 20.1 Å². The number of ether oxygens (including phenoxy) is 1. The predicted molar refractivity (Wildman–Crippen MR) is 121 cm³/mol. The van der Waals surface area contributed by atoms with Gasteiger partial charge in [-0.1, -0.05) is 61.9 Å². The molecular weight excluding hydrogens is 408 g/mol. The topological polar surface area (TPSA) is 95.9 Å². The normalized spacial score (nSPS) is 13.2. The Morgan fingerprint density at radius 2 is 1.59 bits per heavy atom. The molecule has 0 saturated heterocycles. The second-order valence-electron chi connectivity index (χ2n) is 8.26. The molecule has 0 saturated carbocycles. The number of nitrogens with zero attached hydrogens (tertiary/aromatic N) is 1. The van der Waals surface area contributed by atoms with Gasteiger partial charge in [-0.3, -0.25) is 9.59 Å². The number of alkyl carbamates (subject to hydrolysis) is 1. The van der Waals surface area contributed by atoms with Crippen LogP contribution in [-0.4, -0.2) is 53.2 Å². The lowest BCUT2D eigenvalue weighted by molar-refractivity contribution is -0.146. The Hall–Kier alpha value is -3.35. The molecule has 0 spiro atoms. The van der Waals surface area contributed by atoms with E-state index in [1.165, 1.54) is 4.90 Å². The Kier molecular flexibility index (Phi) is 7.51. The molecule has 1 atom stereocenters. The van der Waals surface area contributed by atoms with Crippen molar-refractivity contribution < 1.29 is 24.2 Å². The molecule has 3 rings (SSSR count). The van der Waals surface area contributed by atoms with Gasteiger partial charge >= 0.3 is 12.1 Å². The molecule has 1 aliphatic carbocycles. The van der Waals surface area contributed by atoms with Gasteiger partial charge in [0.1, 0.15) is 19.2 Å². The van der Waals surface area contributed by atoms with Gasteiger partial charge in [-0.25, -0.2) is 4.79 Å². The van der Waals surface area contributed by atoms with Crippen LogP contribution in [-0.2, 0) is 14.3 Å². The maximum absolute atomic E-state index is 12.9. The summed E-state index contributed by atoms with van der Waals surface area (Å²) in [6.07, 6.45) is 0.364. The Morgan fingerprint density at radius 3 is 2.09 bits per heavy atom. The van der Waals surface area contributed by atoms with Gasteiger partial charge in [0.25, 0.3) is 0 Å². The van der Waals surface area contributed by atoms with Crippen molar-refractivity contribution >= 4 is 18.0 Å². The van der Waals surface area contributed by atoms with Crippen LogP contribution in [0.5, 0.6) is 0 Å². The molecular formula is C25H30N2O5. The molecule has 32 heavy (non-hydrogen) atoms. The van der Waals surface area contributed by atoms with Crippen molar-refractivity contribution in [2.75, 3.05) is 13.2 Å². The van der Waals surface area contributed by atoms with E-state index in [1.54, 1.807) is 13.8 Å². The number of hydrogen-bond donors (Lipinski definition) is 2. The first-order chi connectivity index (χ1) is 15.3. The van der Waals surface area contributed by atoms with Gasteiger partial charge in [-0.15, -0.1) is 0 Å². The summed E-state index contributed by atoms with van der Waals surface area (Å²) in [6, 6.07) is 15.0. The molecule has 0 radical (unpaired) electrons. The van der Waals surface area contributed by atoms with Gasteiger partial charge in [0.05, 0.1) is 0 Å². The summed E-state index contributed by atoms with van der Waals surface area (Å²) in [5, 5.41) is 11.8. The van der Waals surface area contributed by atoms with Gasteiger partial charge in [0, 0.05) is 12.0 Å². The average Bonchev–Trinajstić information content (AvgIpc) is 3.09. The summed E-state index contributed by atoms with van der Waals surface area (Å²) in [4.78, 5) is 38.0. The molecule has 2 amide bonds. The van der Waals surface area contributed by atoms with Crippen LogP contribution in [0.1, 0.15) is 50.7 Å². The standard InChI is InChI=1S/C25H30N2O5/c1-4-9-22(24(30)27(16(2)3)14-23(28)29)26-25(31)32-15-21-19-12-7-5-10-17(19)18-11-6-8-13-20(18)21/h5-8,10-13,16,21-22H,4,9,14-15H2,1-3H3,(H,26,31)(H,28,29). The van der Waals surface area contributed by atoms with Crippen molar-refractivity contribution in [3.63, 3.8) is 0 Å². The van der Waals surface area contributed by atoms with Crippen molar-refractivity contribution in [1.29, 1.82) is 0 Å². The molecule has 2 N–H and O–H groups in total. The minimum atomic E-state index is -1.09. The van der Waals surface area contributed by atoms with Crippen molar-refractivity contribution in [3.8, 4) is 11.1 Å². The Bertz CT molecular complexity index is 942. The highest BCUT2D eigenvalue weighted by atomic mass is 16.5. The summed E-state index contributed by atoms with van der Waals surface area (Å²) >= 11 is 0. The zero-order chi connectivity index (χ0) is 23.3. The Balaban J connectivity index is 1.69. The lowest BCUT2D eigenvalue weighted by Gasteiger charge is -2.29. The van der Waals surface area contributed by atoms with Crippen LogP contribution < -0.4 is 5.32 Å². The number of nitrogens with one attached hydrogen (secondary N) is 1. The number of benzene rings is 2. The molecule has 2 aromatic carbocycles.